The van der Waals surface area contributed by atoms with Crippen molar-refractivity contribution in [2.24, 2.45) is 0 Å². The number of carbonyl (C=O) groups excluding carboxylic acids is 1. The number of aryl methyl sites for hydroxylation is 1. The molecule has 0 fully saturated rings. The fourth-order valence-corrected chi connectivity index (χ4v) is 2.63. The lowest BCUT2D eigenvalue weighted by molar-refractivity contribution is 0.0933. The van der Waals surface area contributed by atoms with Crippen molar-refractivity contribution in [3.8, 4) is 5.75 Å². The average molecular weight is 346 g/mol. The molecule has 1 amide bonds. The number of para-hydroxylation sites is 1. The Kier molecular flexibility index (Phi) is 6.94. The Balaban J connectivity index is 1.97. The van der Waals surface area contributed by atoms with Gasteiger partial charge in [0.05, 0.1) is 5.56 Å². The second-order valence-corrected chi connectivity index (χ2v) is 5.79. The van der Waals surface area contributed by atoms with Crippen LogP contribution in [0.4, 0.5) is 0 Å². The molecule has 7 nitrogen and oxygen atoms in total. The Morgan fingerprint density at radius 2 is 2.04 bits per heavy atom. The van der Waals surface area contributed by atoms with E-state index in [0.29, 0.717) is 29.6 Å². The smallest absolute Gasteiger partial charge is 0.255 e. The first-order chi connectivity index (χ1) is 12.0. The number of hydrogen-bond acceptors (Lipinski definition) is 6. The van der Waals surface area contributed by atoms with Crippen LogP contribution in [0.1, 0.15) is 42.8 Å². The second kappa shape index (κ2) is 9.17. The van der Waals surface area contributed by atoms with Crippen LogP contribution in [0.3, 0.4) is 0 Å². The molecule has 0 aliphatic carbocycles. The first-order valence-corrected chi connectivity index (χ1v) is 8.58. The molecule has 7 heteroatoms. The van der Waals surface area contributed by atoms with Crippen molar-refractivity contribution in [3.05, 3.63) is 41.5 Å². The lowest BCUT2D eigenvalue weighted by Gasteiger charge is -2.26. The highest BCUT2D eigenvalue weighted by Crippen LogP contribution is 2.19. The van der Waals surface area contributed by atoms with Crippen LogP contribution in [0.25, 0.3) is 0 Å². The minimum absolute atomic E-state index is 0.150. The van der Waals surface area contributed by atoms with Gasteiger partial charge in [0.2, 0.25) is 11.7 Å². The summed E-state index contributed by atoms with van der Waals surface area (Å²) in [6, 6.07) is 7.42. The van der Waals surface area contributed by atoms with E-state index in [4.69, 9.17) is 9.26 Å². The van der Waals surface area contributed by atoms with Crippen molar-refractivity contribution in [1.82, 2.24) is 20.4 Å². The summed E-state index contributed by atoms with van der Waals surface area (Å²) < 4.78 is 10.6. The van der Waals surface area contributed by atoms with Gasteiger partial charge in [-0.2, -0.15) is 4.98 Å². The Hall–Kier alpha value is -2.41. The van der Waals surface area contributed by atoms with Crippen molar-refractivity contribution in [2.45, 2.75) is 40.3 Å². The molecule has 25 heavy (non-hydrogen) atoms. The van der Waals surface area contributed by atoms with Crippen LogP contribution in [-0.4, -0.2) is 46.6 Å². The molecule has 1 aromatic heterocycles. The lowest BCUT2D eigenvalue weighted by atomic mass is 10.2. The first-order valence-electron chi connectivity index (χ1n) is 8.58. The van der Waals surface area contributed by atoms with E-state index in [2.05, 4.69) is 41.1 Å². The molecule has 0 bridgehead atoms. The SMILES string of the molecule is CCN(CC)[C@H](C)CNC(=O)c1ccccc1OCc1noc(C)n1. The van der Waals surface area contributed by atoms with Crippen LogP contribution < -0.4 is 10.1 Å². The van der Waals surface area contributed by atoms with Gasteiger partial charge in [0.25, 0.3) is 5.91 Å². The number of benzene rings is 1. The van der Waals surface area contributed by atoms with E-state index in [0.717, 1.165) is 13.1 Å². The van der Waals surface area contributed by atoms with Gasteiger partial charge < -0.3 is 14.6 Å². The predicted octanol–water partition coefficient (Wildman–Crippen LogP) is 2.42. The summed E-state index contributed by atoms with van der Waals surface area (Å²) in [4.78, 5) is 18.9. The standard InChI is InChI=1S/C18H26N4O3/c1-5-22(6-2)13(3)11-19-18(23)15-9-7-8-10-16(15)24-12-17-20-14(4)25-21-17/h7-10,13H,5-6,11-12H2,1-4H3,(H,19,23)/t13-/m1/s1. The molecule has 0 aliphatic heterocycles. The lowest BCUT2D eigenvalue weighted by Crippen LogP contribution is -2.42. The maximum absolute atomic E-state index is 12.5. The molecule has 1 heterocycles. The Morgan fingerprint density at radius 1 is 1.32 bits per heavy atom. The minimum Gasteiger partial charge on any atom is -0.485 e. The van der Waals surface area contributed by atoms with Gasteiger partial charge in [-0.25, -0.2) is 0 Å². The number of likely N-dealkylation sites (N-methyl/N-ethyl adjacent to an activating group) is 1. The predicted molar refractivity (Wildman–Crippen MR) is 94.5 cm³/mol. The molecular weight excluding hydrogens is 320 g/mol. The highest BCUT2D eigenvalue weighted by molar-refractivity contribution is 5.96. The molecule has 2 aromatic rings. The third-order valence-corrected chi connectivity index (χ3v) is 4.05. The highest BCUT2D eigenvalue weighted by atomic mass is 16.5. The fraction of sp³-hybridized carbons (Fsp3) is 0.500. The number of hydrogen-bond donors (Lipinski definition) is 1. The number of nitrogens with one attached hydrogen (secondary N) is 1. The molecular formula is C18H26N4O3. The number of ether oxygens (including phenoxy) is 1. The molecule has 0 unspecified atom stereocenters. The molecule has 2 rings (SSSR count). The molecule has 0 saturated heterocycles. The summed E-state index contributed by atoms with van der Waals surface area (Å²) in [6.45, 7) is 10.7. The number of amides is 1. The van der Waals surface area contributed by atoms with E-state index in [1.165, 1.54) is 0 Å². The molecule has 0 spiro atoms. The van der Waals surface area contributed by atoms with Gasteiger partial charge in [0, 0.05) is 19.5 Å². The Bertz CT molecular complexity index is 682. The van der Waals surface area contributed by atoms with E-state index in [9.17, 15) is 4.79 Å². The van der Waals surface area contributed by atoms with E-state index < -0.39 is 0 Å². The zero-order valence-electron chi connectivity index (χ0n) is 15.3. The second-order valence-electron chi connectivity index (χ2n) is 5.79. The number of carbonyl (C=O) groups is 1. The third kappa shape index (κ3) is 5.29. The largest absolute Gasteiger partial charge is 0.485 e. The van der Waals surface area contributed by atoms with Crippen LogP contribution in [0.5, 0.6) is 5.75 Å². The van der Waals surface area contributed by atoms with E-state index >= 15 is 0 Å². The zero-order valence-corrected chi connectivity index (χ0v) is 15.3. The Labute approximate surface area is 148 Å². The topological polar surface area (TPSA) is 80.5 Å². The van der Waals surface area contributed by atoms with Crippen LogP contribution in [0.15, 0.2) is 28.8 Å². The minimum atomic E-state index is -0.154. The summed E-state index contributed by atoms with van der Waals surface area (Å²) in [5.41, 5.74) is 0.495. The molecule has 0 radical (unpaired) electrons. The van der Waals surface area contributed by atoms with Gasteiger partial charge in [-0.15, -0.1) is 0 Å². The monoisotopic (exact) mass is 346 g/mol. The summed E-state index contributed by atoms with van der Waals surface area (Å²) >= 11 is 0. The van der Waals surface area contributed by atoms with Gasteiger partial charge in [0.1, 0.15) is 5.75 Å². The van der Waals surface area contributed by atoms with Crippen LogP contribution in [0.2, 0.25) is 0 Å². The van der Waals surface area contributed by atoms with Gasteiger partial charge in [-0.3, -0.25) is 9.69 Å². The van der Waals surface area contributed by atoms with Crippen molar-refractivity contribution in [1.29, 1.82) is 0 Å². The maximum atomic E-state index is 12.5. The normalized spacial score (nSPS) is 12.2. The van der Waals surface area contributed by atoms with Gasteiger partial charge in [-0.05, 0) is 32.1 Å². The molecule has 136 valence electrons. The van der Waals surface area contributed by atoms with Gasteiger partial charge >= 0.3 is 0 Å². The first kappa shape index (κ1) is 18.9. The summed E-state index contributed by atoms with van der Waals surface area (Å²) in [7, 11) is 0. The van der Waals surface area contributed by atoms with E-state index in [1.807, 2.05) is 12.1 Å². The summed E-state index contributed by atoms with van der Waals surface area (Å²) in [5, 5.41) is 6.77. The number of nitrogens with zero attached hydrogens (tertiary/aromatic N) is 3. The average Bonchev–Trinajstić information content (AvgIpc) is 3.04. The third-order valence-electron chi connectivity index (χ3n) is 4.05. The highest BCUT2D eigenvalue weighted by Gasteiger charge is 2.16. The van der Waals surface area contributed by atoms with Crippen molar-refractivity contribution in [3.63, 3.8) is 0 Å². The molecule has 0 saturated carbocycles. The van der Waals surface area contributed by atoms with Gasteiger partial charge in [-0.1, -0.05) is 31.1 Å². The van der Waals surface area contributed by atoms with E-state index in [1.54, 1.807) is 19.1 Å². The number of rotatable bonds is 9. The molecule has 1 atom stereocenters. The summed E-state index contributed by atoms with van der Waals surface area (Å²) in [6.07, 6.45) is 0. The van der Waals surface area contributed by atoms with Gasteiger partial charge in [0.15, 0.2) is 6.61 Å². The maximum Gasteiger partial charge on any atom is 0.255 e. The van der Waals surface area contributed by atoms with Crippen molar-refractivity contribution >= 4 is 5.91 Å². The molecule has 1 aromatic carbocycles. The quantitative estimate of drug-likeness (QED) is 0.751. The van der Waals surface area contributed by atoms with Crippen LogP contribution in [0, 0.1) is 6.92 Å². The summed E-state index contributed by atoms with van der Waals surface area (Å²) in [5.74, 6) is 1.27. The van der Waals surface area contributed by atoms with Crippen LogP contribution >= 0.6 is 0 Å². The molecule has 1 N–H and O–H groups in total. The Morgan fingerprint density at radius 3 is 2.68 bits per heavy atom. The number of aromatic nitrogens is 2. The van der Waals surface area contributed by atoms with Crippen molar-refractivity contribution < 1.29 is 14.1 Å². The molecule has 0 aliphatic rings. The van der Waals surface area contributed by atoms with Crippen LogP contribution in [-0.2, 0) is 6.61 Å². The zero-order chi connectivity index (χ0) is 18.2. The van der Waals surface area contributed by atoms with Crippen molar-refractivity contribution in [2.75, 3.05) is 19.6 Å². The van der Waals surface area contributed by atoms with E-state index in [-0.39, 0.29) is 18.6 Å². The fourth-order valence-electron chi connectivity index (χ4n) is 2.63.